The minimum Gasteiger partial charge on any atom is -0.381 e. The van der Waals surface area contributed by atoms with E-state index in [-0.39, 0.29) is 0 Å². The number of hydrogen-bond acceptors (Lipinski definition) is 2. The smallest absolute Gasteiger partial charge is 0.0495 e. The van der Waals surface area contributed by atoms with Gasteiger partial charge in [0, 0.05) is 31.8 Å². The van der Waals surface area contributed by atoms with Crippen LogP contribution in [-0.4, -0.2) is 31.8 Å². The zero-order valence-electron chi connectivity index (χ0n) is 8.64. The van der Waals surface area contributed by atoms with Crippen molar-refractivity contribution in [1.82, 2.24) is 0 Å². The lowest BCUT2D eigenvalue weighted by atomic mass is 9.75. The van der Waals surface area contributed by atoms with Crippen LogP contribution in [0.5, 0.6) is 0 Å². The van der Waals surface area contributed by atoms with Gasteiger partial charge in [0.05, 0.1) is 0 Å². The van der Waals surface area contributed by atoms with Gasteiger partial charge in [-0.1, -0.05) is 15.9 Å². The predicted molar refractivity (Wildman–Crippen MR) is 59.8 cm³/mol. The summed E-state index contributed by atoms with van der Waals surface area (Å²) >= 11 is 3.68. The Bertz CT molecular complexity index is 172. The Hall–Kier alpha value is 0.400. The molecule has 2 rings (SSSR count). The monoisotopic (exact) mass is 262 g/mol. The molecule has 0 saturated carbocycles. The Kier molecular flexibility index (Phi) is 3.86. The maximum Gasteiger partial charge on any atom is 0.0495 e. The summed E-state index contributed by atoms with van der Waals surface area (Å²) in [6.45, 7) is 3.84. The summed E-state index contributed by atoms with van der Waals surface area (Å²) in [6, 6.07) is 0. The maximum absolute atomic E-state index is 5.44. The summed E-state index contributed by atoms with van der Waals surface area (Å²) in [5.41, 5.74) is 0.497. The van der Waals surface area contributed by atoms with Crippen LogP contribution in [0.15, 0.2) is 0 Å². The SMILES string of the molecule is BrCC1(CC2CCOC2)CCOCC1. The lowest BCUT2D eigenvalue weighted by molar-refractivity contribution is 0.0139. The van der Waals surface area contributed by atoms with Crippen LogP contribution >= 0.6 is 15.9 Å². The van der Waals surface area contributed by atoms with Crippen molar-refractivity contribution in [2.24, 2.45) is 11.3 Å². The standard InChI is InChI=1S/C11H19BrO2/c12-9-11(2-5-13-6-3-11)7-10-1-4-14-8-10/h10H,1-9H2. The summed E-state index contributed by atoms with van der Waals surface area (Å²) in [4.78, 5) is 0. The topological polar surface area (TPSA) is 18.5 Å². The fraction of sp³-hybridized carbons (Fsp3) is 1.00. The molecule has 82 valence electrons. The third-order valence-corrected chi connectivity index (χ3v) is 4.77. The maximum atomic E-state index is 5.44. The second-order valence-corrected chi connectivity index (χ2v) is 5.24. The highest BCUT2D eigenvalue weighted by atomic mass is 79.9. The highest BCUT2D eigenvalue weighted by molar-refractivity contribution is 9.09. The molecule has 0 aromatic rings. The molecule has 0 bridgehead atoms. The molecule has 0 amide bonds. The summed E-state index contributed by atoms with van der Waals surface area (Å²) in [5, 5.41) is 1.12. The number of alkyl halides is 1. The van der Waals surface area contributed by atoms with Crippen LogP contribution in [0.2, 0.25) is 0 Å². The number of ether oxygens (including phenoxy) is 2. The minimum atomic E-state index is 0.497. The van der Waals surface area contributed by atoms with Crippen molar-refractivity contribution in [3.05, 3.63) is 0 Å². The summed E-state index contributed by atoms with van der Waals surface area (Å²) in [6.07, 6.45) is 5.01. The molecule has 1 unspecified atom stereocenters. The zero-order chi connectivity index (χ0) is 9.86. The molecule has 2 nitrogen and oxygen atoms in total. The van der Waals surface area contributed by atoms with Gasteiger partial charge in [-0.2, -0.15) is 0 Å². The van der Waals surface area contributed by atoms with E-state index in [1.165, 1.54) is 25.7 Å². The molecule has 2 aliphatic rings. The normalized spacial score (nSPS) is 31.9. The van der Waals surface area contributed by atoms with E-state index in [0.29, 0.717) is 5.41 Å². The molecule has 14 heavy (non-hydrogen) atoms. The molecule has 1 atom stereocenters. The lowest BCUT2D eigenvalue weighted by Crippen LogP contribution is -2.33. The first kappa shape index (κ1) is 10.9. The van der Waals surface area contributed by atoms with Gasteiger partial charge < -0.3 is 9.47 Å². The van der Waals surface area contributed by atoms with Crippen LogP contribution in [0.4, 0.5) is 0 Å². The van der Waals surface area contributed by atoms with E-state index >= 15 is 0 Å². The molecule has 3 heteroatoms. The van der Waals surface area contributed by atoms with Crippen molar-refractivity contribution in [2.45, 2.75) is 25.7 Å². The Labute approximate surface area is 94.5 Å². The Balaban J connectivity index is 1.89. The summed E-state index contributed by atoms with van der Waals surface area (Å²) in [7, 11) is 0. The second kappa shape index (κ2) is 4.95. The number of hydrogen-bond donors (Lipinski definition) is 0. The predicted octanol–water partition coefficient (Wildman–Crippen LogP) is 2.60. The van der Waals surface area contributed by atoms with Crippen molar-refractivity contribution >= 4 is 15.9 Å². The highest BCUT2D eigenvalue weighted by Gasteiger charge is 2.35. The van der Waals surface area contributed by atoms with Gasteiger partial charge in [-0.05, 0) is 37.0 Å². The van der Waals surface area contributed by atoms with E-state index in [0.717, 1.165) is 37.7 Å². The van der Waals surface area contributed by atoms with E-state index in [9.17, 15) is 0 Å². The third kappa shape index (κ3) is 2.50. The molecule has 0 spiro atoms. The van der Waals surface area contributed by atoms with E-state index < -0.39 is 0 Å². The average Bonchev–Trinajstić information content (AvgIpc) is 2.72. The Morgan fingerprint density at radius 3 is 2.50 bits per heavy atom. The highest BCUT2D eigenvalue weighted by Crippen LogP contribution is 2.40. The van der Waals surface area contributed by atoms with Crippen molar-refractivity contribution in [1.29, 1.82) is 0 Å². The van der Waals surface area contributed by atoms with Gasteiger partial charge in [0.1, 0.15) is 0 Å². The van der Waals surface area contributed by atoms with Crippen LogP contribution in [-0.2, 0) is 9.47 Å². The summed E-state index contributed by atoms with van der Waals surface area (Å²) < 4.78 is 10.9. The fourth-order valence-corrected chi connectivity index (χ4v) is 3.34. The van der Waals surface area contributed by atoms with Gasteiger partial charge >= 0.3 is 0 Å². The van der Waals surface area contributed by atoms with Crippen LogP contribution in [0.3, 0.4) is 0 Å². The molecule has 2 fully saturated rings. The molecule has 0 aromatic heterocycles. The molecule has 0 N–H and O–H groups in total. The van der Waals surface area contributed by atoms with Crippen LogP contribution in [0.1, 0.15) is 25.7 Å². The lowest BCUT2D eigenvalue weighted by Gasteiger charge is -2.37. The molecule has 2 aliphatic heterocycles. The van der Waals surface area contributed by atoms with E-state index in [4.69, 9.17) is 9.47 Å². The quantitative estimate of drug-likeness (QED) is 0.729. The fourth-order valence-electron chi connectivity index (χ4n) is 2.55. The van der Waals surface area contributed by atoms with E-state index in [1.54, 1.807) is 0 Å². The Morgan fingerprint density at radius 1 is 1.14 bits per heavy atom. The van der Waals surface area contributed by atoms with Crippen LogP contribution in [0, 0.1) is 11.3 Å². The second-order valence-electron chi connectivity index (χ2n) is 4.68. The molecule has 0 radical (unpaired) electrons. The van der Waals surface area contributed by atoms with Gasteiger partial charge in [-0.15, -0.1) is 0 Å². The first-order valence-corrected chi connectivity index (χ1v) is 6.68. The summed E-state index contributed by atoms with van der Waals surface area (Å²) in [5.74, 6) is 0.797. The molecule has 0 aromatic carbocycles. The number of halogens is 1. The van der Waals surface area contributed by atoms with Gasteiger partial charge in [-0.3, -0.25) is 0 Å². The van der Waals surface area contributed by atoms with Crippen LogP contribution in [0.25, 0.3) is 0 Å². The largest absolute Gasteiger partial charge is 0.381 e. The Morgan fingerprint density at radius 2 is 1.93 bits per heavy atom. The van der Waals surface area contributed by atoms with Crippen molar-refractivity contribution in [3.63, 3.8) is 0 Å². The van der Waals surface area contributed by atoms with Gasteiger partial charge in [0.15, 0.2) is 0 Å². The third-order valence-electron chi connectivity index (χ3n) is 3.58. The minimum absolute atomic E-state index is 0.497. The molecular weight excluding hydrogens is 244 g/mol. The van der Waals surface area contributed by atoms with Gasteiger partial charge in [0.25, 0.3) is 0 Å². The van der Waals surface area contributed by atoms with Crippen molar-refractivity contribution < 1.29 is 9.47 Å². The average molecular weight is 263 g/mol. The van der Waals surface area contributed by atoms with Gasteiger partial charge in [0.2, 0.25) is 0 Å². The molecular formula is C11H19BrO2. The van der Waals surface area contributed by atoms with Crippen LogP contribution < -0.4 is 0 Å². The van der Waals surface area contributed by atoms with E-state index in [1.807, 2.05) is 0 Å². The zero-order valence-corrected chi connectivity index (χ0v) is 10.2. The van der Waals surface area contributed by atoms with Crippen molar-refractivity contribution in [2.75, 3.05) is 31.8 Å². The van der Waals surface area contributed by atoms with Gasteiger partial charge in [-0.25, -0.2) is 0 Å². The van der Waals surface area contributed by atoms with Crippen molar-refractivity contribution in [3.8, 4) is 0 Å². The molecule has 2 heterocycles. The molecule has 0 aliphatic carbocycles. The number of rotatable bonds is 3. The van der Waals surface area contributed by atoms with E-state index in [2.05, 4.69) is 15.9 Å². The first-order valence-electron chi connectivity index (χ1n) is 5.56. The molecule has 2 saturated heterocycles. The first-order chi connectivity index (χ1) is 6.85.